The molecule has 0 amide bonds. The minimum atomic E-state index is 0.270. The number of hydrogen-bond donors (Lipinski definition) is 2. The summed E-state index contributed by atoms with van der Waals surface area (Å²) in [4.78, 5) is 7.52. The summed E-state index contributed by atoms with van der Waals surface area (Å²) in [6, 6.07) is 8.71. The van der Waals surface area contributed by atoms with E-state index in [9.17, 15) is 0 Å². The zero-order valence-electron chi connectivity index (χ0n) is 19.2. The molecule has 2 heterocycles. The molecule has 1 atom stereocenters. The molecule has 8 nitrogen and oxygen atoms in total. The fourth-order valence-electron chi connectivity index (χ4n) is 4.04. The van der Waals surface area contributed by atoms with Gasteiger partial charge in [0.1, 0.15) is 17.9 Å². The fourth-order valence-corrected chi connectivity index (χ4v) is 4.04. The Morgan fingerprint density at radius 1 is 1.13 bits per heavy atom. The van der Waals surface area contributed by atoms with Gasteiger partial charge in [-0.25, -0.2) is 0 Å². The van der Waals surface area contributed by atoms with Crippen LogP contribution in [0.15, 0.2) is 35.6 Å². The summed E-state index contributed by atoms with van der Waals surface area (Å²) in [5.41, 5.74) is 1.29. The summed E-state index contributed by atoms with van der Waals surface area (Å²) in [7, 11) is 1.71. The third kappa shape index (κ3) is 6.69. The van der Waals surface area contributed by atoms with E-state index in [1.165, 1.54) is 24.8 Å². The normalized spacial score (nSPS) is 16.2. The number of hydrogen-bond acceptors (Lipinski definition) is 5. The lowest BCUT2D eigenvalue weighted by Gasteiger charge is -2.34. The maximum atomic E-state index is 5.34. The Bertz CT molecular complexity index is 797. The average Bonchev–Trinajstić information content (AvgIpc) is 3.28. The lowest BCUT2D eigenvalue weighted by atomic mass is 10.0. The highest BCUT2D eigenvalue weighted by atomic mass is 16.5. The molecule has 1 aromatic heterocycles. The first-order valence-corrected chi connectivity index (χ1v) is 11.5. The first kappa shape index (κ1) is 23.1. The highest BCUT2D eigenvalue weighted by Gasteiger charge is 2.22. The van der Waals surface area contributed by atoms with Gasteiger partial charge in [-0.15, -0.1) is 10.2 Å². The fraction of sp³-hybridized carbons (Fsp3) is 0.609. The van der Waals surface area contributed by atoms with Crippen molar-refractivity contribution in [3.8, 4) is 5.75 Å². The summed E-state index contributed by atoms with van der Waals surface area (Å²) in [6.45, 7) is 9.58. The van der Waals surface area contributed by atoms with Gasteiger partial charge in [0.15, 0.2) is 5.96 Å². The summed E-state index contributed by atoms with van der Waals surface area (Å²) in [6.07, 6.45) is 6.51. The number of nitrogens with zero attached hydrogens (tertiary/aromatic N) is 5. The minimum Gasteiger partial charge on any atom is -0.497 e. The second kappa shape index (κ2) is 12.3. The Morgan fingerprint density at radius 2 is 1.90 bits per heavy atom. The Balaban J connectivity index is 1.67. The second-order valence-corrected chi connectivity index (χ2v) is 7.83. The van der Waals surface area contributed by atoms with Gasteiger partial charge in [0.05, 0.1) is 19.7 Å². The highest BCUT2D eigenvalue weighted by Crippen LogP contribution is 2.26. The van der Waals surface area contributed by atoms with Gasteiger partial charge in [0, 0.05) is 26.1 Å². The predicted molar refractivity (Wildman–Crippen MR) is 125 cm³/mol. The first-order chi connectivity index (χ1) is 15.2. The number of guanidine groups is 1. The molecule has 0 aliphatic carbocycles. The number of aromatic nitrogens is 3. The molecule has 1 aliphatic rings. The van der Waals surface area contributed by atoms with Gasteiger partial charge in [-0.3, -0.25) is 9.89 Å². The third-order valence-electron chi connectivity index (χ3n) is 5.76. The minimum absolute atomic E-state index is 0.270. The van der Waals surface area contributed by atoms with Gasteiger partial charge in [-0.05, 0) is 50.6 Å². The number of piperidine rings is 1. The molecule has 1 fully saturated rings. The monoisotopic (exact) mass is 427 g/mol. The number of likely N-dealkylation sites (tertiary alicyclic amines) is 1. The van der Waals surface area contributed by atoms with Crippen molar-refractivity contribution in [3.63, 3.8) is 0 Å². The number of benzene rings is 1. The molecule has 1 aliphatic heterocycles. The van der Waals surface area contributed by atoms with E-state index in [-0.39, 0.29) is 6.04 Å². The van der Waals surface area contributed by atoms with Crippen LogP contribution in [0.3, 0.4) is 0 Å². The van der Waals surface area contributed by atoms with E-state index < -0.39 is 0 Å². The lowest BCUT2D eigenvalue weighted by molar-refractivity contribution is 0.167. The summed E-state index contributed by atoms with van der Waals surface area (Å²) in [5.74, 6) is 2.75. The van der Waals surface area contributed by atoms with Crippen LogP contribution in [0.4, 0.5) is 0 Å². The van der Waals surface area contributed by atoms with E-state index in [4.69, 9.17) is 9.73 Å². The molecule has 8 heteroatoms. The predicted octanol–water partition coefficient (Wildman–Crippen LogP) is 2.63. The molecule has 31 heavy (non-hydrogen) atoms. The van der Waals surface area contributed by atoms with Crippen LogP contribution in [-0.2, 0) is 13.0 Å². The molecule has 0 bridgehead atoms. The molecule has 0 spiro atoms. The molecule has 170 valence electrons. The van der Waals surface area contributed by atoms with Crippen LogP contribution in [0.1, 0.15) is 50.5 Å². The number of aliphatic imine (C=N–C) groups is 1. The Kier molecular flexibility index (Phi) is 9.15. The second-order valence-electron chi connectivity index (χ2n) is 7.83. The molecule has 1 aromatic carbocycles. The maximum Gasteiger partial charge on any atom is 0.191 e. The van der Waals surface area contributed by atoms with E-state index in [1.54, 1.807) is 13.4 Å². The third-order valence-corrected chi connectivity index (χ3v) is 5.76. The van der Waals surface area contributed by atoms with Gasteiger partial charge in [0.2, 0.25) is 0 Å². The maximum absolute atomic E-state index is 5.34. The molecule has 0 radical (unpaired) electrons. The SMILES string of the molecule is CCNC(=NCC(c1ccc(OC)cc1)N1CCCCC1)NCCn1cnnc1CC. The first-order valence-electron chi connectivity index (χ1n) is 11.5. The molecule has 1 saturated heterocycles. The zero-order chi connectivity index (χ0) is 21.9. The van der Waals surface area contributed by atoms with E-state index in [0.717, 1.165) is 56.7 Å². The van der Waals surface area contributed by atoms with Crippen LogP contribution in [0, 0.1) is 0 Å². The molecule has 3 rings (SSSR count). The van der Waals surface area contributed by atoms with Gasteiger partial charge in [-0.1, -0.05) is 25.5 Å². The summed E-state index contributed by atoms with van der Waals surface area (Å²) >= 11 is 0. The molecule has 0 saturated carbocycles. The van der Waals surface area contributed by atoms with Gasteiger partial charge in [-0.2, -0.15) is 0 Å². The van der Waals surface area contributed by atoms with Crippen LogP contribution in [0.5, 0.6) is 5.75 Å². The summed E-state index contributed by atoms with van der Waals surface area (Å²) < 4.78 is 7.43. The van der Waals surface area contributed by atoms with Gasteiger partial charge >= 0.3 is 0 Å². The molecule has 2 N–H and O–H groups in total. The number of rotatable bonds is 10. The molecule has 1 unspecified atom stereocenters. The highest BCUT2D eigenvalue weighted by molar-refractivity contribution is 5.79. The van der Waals surface area contributed by atoms with E-state index in [0.29, 0.717) is 6.54 Å². The smallest absolute Gasteiger partial charge is 0.191 e. The van der Waals surface area contributed by atoms with E-state index >= 15 is 0 Å². The molecule has 2 aromatic rings. The number of nitrogens with one attached hydrogen (secondary N) is 2. The quantitative estimate of drug-likeness (QED) is 0.448. The Hall–Kier alpha value is -2.61. The van der Waals surface area contributed by atoms with E-state index in [1.807, 2.05) is 12.1 Å². The van der Waals surface area contributed by atoms with Crippen LogP contribution in [0.25, 0.3) is 0 Å². The van der Waals surface area contributed by atoms with Crippen molar-refractivity contribution in [2.45, 2.75) is 52.1 Å². The number of ether oxygens (including phenoxy) is 1. The Morgan fingerprint density at radius 3 is 2.58 bits per heavy atom. The van der Waals surface area contributed by atoms with Crippen LogP contribution >= 0.6 is 0 Å². The van der Waals surface area contributed by atoms with Crippen LogP contribution < -0.4 is 15.4 Å². The van der Waals surface area contributed by atoms with Crippen molar-refractivity contribution in [3.05, 3.63) is 42.0 Å². The van der Waals surface area contributed by atoms with Crippen molar-refractivity contribution in [2.75, 3.05) is 39.8 Å². The largest absolute Gasteiger partial charge is 0.497 e. The van der Waals surface area contributed by atoms with Gasteiger partial charge < -0.3 is 19.9 Å². The molecular weight excluding hydrogens is 390 g/mol. The van der Waals surface area contributed by atoms with Crippen LogP contribution in [-0.4, -0.2) is 65.5 Å². The Labute approximate surface area is 186 Å². The van der Waals surface area contributed by atoms with Crippen molar-refractivity contribution < 1.29 is 4.74 Å². The van der Waals surface area contributed by atoms with Crippen LogP contribution in [0.2, 0.25) is 0 Å². The van der Waals surface area contributed by atoms with Gasteiger partial charge in [0.25, 0.3) is 0 Å². The summed E-state index contributed by atoms with van der Waals surface area (Å²) in [5, 5.41) is 15.0. The van der Waals surface area contributed by atoms with E-state index in [2.05, 4.69) is 56.3 Å². The van der Waals surface area contributed by atoms with Crippen molar-refractivity contribution in [2.24, 2.45) is 4.99 Å². The van der Waals surface area contributed by atoms with Crippen molar-refractivity contribution in [1.82, 2.24) is 30.3 Å². The van der Waals surface area contributed by atoms with Crippen molar-refractivity contribution in [1.29, 1.82) is 0 Å². The zero-order valence-corrected chi connectivity index (χ0v) is 19.2. The standard InChI is InChI=1S/C23H37N7O/c1-4-22-28-27-18-30(22)16-13-25-23(24-5-2)26-17-21(29-14-7-6-8-15-29)19-9-11-20(31-3)12-10-19/h9-12,18,21H,4-8,13-17H2,1-3H3,(H2,24,25,26). The topological polar surface area (TPSA) is 79.6 Å². The number of methoxy groups -OCH3 is 1. The van der Waals surface area contributed by atoms with Crippen molar-refractivity contribution >= 4 is 5.96 Å². The average molecular weight is 428 g/mol. The molecular formula is C23H37N7O. The lowest BCUT2D eigenvalue weighted by Crippen LogP contribution is -2.40. The number of aryl methyl sites for hydroxylation is 1.